The largest absolute Gasteiger partial charge is 0.313 e. The molecule has 1 atom stereocenters. The lowest BCUT2D eigenvalue weighted by Crippen LogP contribution is -2.39. The van der Waals surface area contributed by atoms with Gasteiger partial charge in [0.05, 0.1) is 0 Å². The zero-order valence-electron chi connectivity index (χ0n) is 10.2. The summed E-state index contributed by atoms with van der Waals surface area (Å²) in [7, 11) is 0. The topological polar surface area (TPSA) is 15.3 Å². The van der Waals surface area contributed by atoms with Crippen LogP contribution in [0.25, 0.3) is 0 Å². The predicted octanol–water partition coefficient (Wildman–Crippen LogP) is 2.39. The van der Waals surface area contributed by atoms with Crippen LogP contribution in [0.3, 0.4) is 0 Å². The fourth-order valence-electron chi connectivity index (χ4n) is 2.62. The fraction of sp³-hybridized carbons (Fsp3) is 1.00. The molecule has 1 aliphatic carbocycles. The minimum atomic E-state index is 0.798. The molecule has 0 aromatic rings. The van der Waals surface area contributed by atoms with Crippen LogP contribution < -0.4 is 5.32 Å². The number of hydrogen-bond donors (Lipinski definition) is 1. The van der Waals surface area contributed by atoms with E-state index in [-0.39, 0.29) is 0 Å². The lowest BCUT2D eigenvalue weighted by Gasteiger charge is -2.25. The molecular weight excluding hydrogens is 184 g/mol. The second-order valence-electron chi connectivity index (χ2n) is 5.23. The van der Waals surface area contributed by atoms with Crippen molar-refractivity contribution < 1.29 is 0 Å². The second-order valence-corrected chi connectivity index (χ2v) is 5.23. The molecule has 0 aromatic heterocycles. The Morgan fingerprint density at radius 3 is 2.67 bits per heavy atom. The molecule has 2 nitrogen and oxygen atoms in total. The molecule has 2 rings (SSSR count). The third kappa shape index (κ3) is 3.76. The van der Waals surface area contributed by atoms with Gasteiger partial charge in [-0.2, -0.15) is 0 Å². The van der Waals surface area contributed by atoms with E-state index in [9.17, 15) is 0 Å². The van der Waals surface area contributed by atoms with Gasteiger partial charge < -0.3 is 5.32 Å². The summed E-state index contributed by atoms with van der Waals surface area (Å²) in [5.74, 6) is 0. The summed E-state index contributed by atoms with van der Waals surface area (Å²) in [4.78, 5) is 2.75. The van der Waals surface area contributed by atoms with Crippen LogP contribution >= 0.6 is 0 Å². The Morgan fingerprint density at radius 2 is 2.07 bits per heavy atom. The lowest BCUT2D eigenvalue weighted by atomic mass is 10.2. The van der Waals surface area contributed by atoms with Crippen LogP contribution in [-0.2, 0) is 0 Å². The molecule has 1 unspecified atom stereocenters. The van der Waals surface area contributed by atoms with Crippen LogP contribution in [0.15, 0.2) is 0 Å². The smallest absolute Gasteiger partial charge is 0.0195 e. The Labute approximate surface area is 94.4 Å². The Morgan fingerprint density at radius 1 is 1.20 bits per heavy atom. The lowest BCUT2D eigenvalue weighted by molar-refractivity contribution is 0.234. The summed E-state index contributed by atoms with van der Waals surface area (Å²) >= 11 is 0. The molecule has 2 fully saturated rings. The molecule has 1 saturated heterocycles. The van der Waals surface area contributed by atoms with Crippen molar-refractivity contribution in [2.45, 2.75) is 64.0 Å². The average molecular weight is 210 g/mol. The minimum absolute atomic E-state index is 0.798. The first-order chi connectivity index (χ1) is 7.40. The van der Waals surface area contributed by atoms with E-state index >= 15 is 0 Å². The summed E-state index contributed by atoms with van der Waals surface area (Å²) in [6.45, 7) is 6.20. The van der Waals surface area contributed by atoms with Crippen molar-refractivity contribution in [2.24, 2.45) is 0 Å². The van der Waals surface area contributed by atoms with Crippen molar-refractivity contribution in [1.29, 1.82) is 0 Å². The standard InChI is InChI=1S/C13H26N2/c1-2-3-4-10-15(13-7-8-13)11-12-6-5-9-14-12/h12-14H,2-11H2,1H3. The maximum absolute atomic E-state index is 3.62. The molecular formula is C13H26N2. The molecule has 0 spiro atoms. The zero-order chi connectivity index (χ0) is 10.5. The van der Waals surface area contributed by atoms with Gasteiger partial charge in [0.25, 0.3) is 0 Å². The van der Waals surface area contributed by atoms with Gasteiger partial charge in [-0.1, -0.05) is 19.8 Å². The predicted molar refractivity (Wildman–Crippen MR) is 65.1 cm³/mol. The molecule has 2 aliphatic rings. The highest BCUT2D eigenvalue weighted by Gasteiger charge is 2.30. The molecule has 2 heteroatoms. The van der Waals surface area contributed by atoms with E-state index in [1.807, 2.05) is 0 Å². The van der Waals surface area contributed by atoms with E-state index in [4.69, 9.17) is 0 Å². The third-order valence-electron chi connectivity index (χ3n) is 3.73. The summed E-state index contributed by atoms with van der Waals surface area (Å²) in [6.07, 6.45) is 9.86. The molecule has 0 amide bonds. The van der Waals surface area contributed by atoms with E-state index < -0.39 is 0 Å². The van der Waals surface area contributed by atoms with Crippen LogP contribution in [0.4, 0.5) is 0 Å². The molecule has 0 aromatic carbocycles. The molecule has 1 saturated carbocycles. The van der Waals surface area contributed by atoms with Crippen LogP contribution in [0.5, 0.6) is 0 Å². The number of nitrogens with zero attached hydrogens (tertiary/aromatic N) is 1. The molecule has 1 N–H and O–H groups in total. The highest BCUT2D eigenvalue weighted by molar-refractivity contribution is 4.88. The van der Waals surface area contributed by atoms with Crippen LogP contribution in [0.2, 0.25) is 0 Å². The minimum Gasteiger partial charge on any atom is -0.313 e. The van der Waals surface area contributed by atoms with Crippen molar-refractivity contribution in [3.63, 3.8) is 0 Å². The third-order valence-corrected chi connectivity index (χ3v) is 3.73. The summed E-state index contributed by atoms with van der Waals surface area (Å²) < 4.78 is 0. The summed E-state index contributed by atoms with van der Waals surface area (Å²) in [5, 5.41) is 3.62. The van der Waals surface area contributed by atoms with Gasteiger partial charge in [0.2, 0.25) is 0 Å². The van der Waals surface area contributed by atoms with Crippen molar-refractivity contribution in [2.75, 3.05) is 19.6 Å². The monoisotopic (exact) mass is 210 g/mol. The number of rotatable bonds is 7. The molecule has 1 heterocycles. The average Bonchev–Trinajstić information content (AvgIpc) is 2.97. The van der Waals surface area contributed by atoms with Crippen molar-refractivity contribution in [3.05, 3.63) is 0 Å². The highest BCUT2D eigenvalue weighted by Crippen LogP contribution is 2.27. The Bertz CT molecular complexity index is 171. The first-order valence-corrected chi connectivity index (χ1v) is 6.87. The second kappa shape index (κ2) is 5.86. The molecule has 88 valence electrons. The maximum atomic E-state index is 3.62. The zero-order valence-corrected chi connectivity index (χ0v) is 10.2. The Hall–Kier alpha value is -0.0800. The number of unbranched alkanes of at least 4 members (excludes halogenated alkanes) is 2. The molecule has 0 bridgehead atoms. The van der Waals surface area contributed by atoms with Gasteiger partial charge >= 0.3 is 0 Å². The summed E-state index contributed by atoms with van der Waals surface area (Å²) in [6, 6.07) is 1.75. The Kier molecular flexibility index (Phi) is 4.45. The Balaban J connectivity index is 1.68. The first-order valence-electron chi connectivity index (χ1n) is 6.87. The van der Waals surface area contributed by atoms with Crippen LogP contribution in [-0.4, -0.2) is 36.6 Å². The van der Waals surface area contributed by atoms with Gasteiger partial charge in [0.1, 0.15) is 0 Å². The number of hydrogen-bond acceptors (Lipinski definition) is 2. The molecule has 15 heavy (non-hydrogen) atoms. The van der Waals surface area contributed by atoms with Gasteiger partial charge in [0, 0.05) is 18.6 Å². The van der Waals surface area contributed by atoms with E-state index in [0.717, 1.165) is 12.1 Å². The SMILES string of the molecule is CCCCCN(CC1CCCN1)C1CC1. The van der Waals surface area contributed by atoms with Crippen molar-refractivity contribution in [3.8, 4) is 0 Å². The van der Waals surface area contributed by atoms with E-state index in [2.05, 4.69) is 17.1 Å². The van der Waals surface area contributed by atoms with E-state index in [1.165, 1.54) is 64.6 Å². The van der Waals surface area contributed by atoms with E-state index in [1.54, 1.807) is 0 Å². The summed E-state index contributed by atoms with van der Waals surface area (Å²) in [5.41, 5.74) is 0. The van der Waals surface area contributed by atoms with Crippen molar-refractivity contribution >= 4 is 0 Å². The normalized spacial score (nSPS) is 26.4. The van der Waals surface area contributed by atoms with Gasteiger partial charge in [-0.15, -0.1) is 0 Å². The first kappa shape index (κ1) is 11.4. The molecule has 1 aliphatic heterocycles. The van der Waals surface area contributed by atoms with Gasteiger partial charge in [-0.25, -0.2) is 0 Å². The fourth-order valence-corrected chi connectivity index (χ4v) is 2.62. The highest BCUT2D eigenvalue weighted by atomic mass is 15.2. The van der Waals surface area contributed by atoms with Crippen molar-refractivity contribution in [1.82, 2.24) is 10.2 Å². The van der Waals surface area contributed by atoms with Gasteiger partial charge in [0.15, 0.2) is 0 Å². The molecule has 0 radical (unpaired) electrons. The number of nitrogens with one attached hydrogen (secondary N) is 1. The van der Waals surface area contributed by atoms with Crippen LogP contribution in [0, 0.1) is 0 Å². The van der Waals surface area contributed by atoms with E-state index in [0.29, 0.717) is 0 Å². The van der Waals surface area contributed by atoms with Crippen LogP contribution in [0.1, 0.15) is 51.9 Å². The van der Waals surface area contributed by atoms with Gasteiger partial charge in [-0.3, -0.25) is 4.90 Å². The quantitative estimate of drug-likeness (QED) is 0.649. The maximum Gasteiger partial charge on any atom is 0.0195 e. The van der Waals surface area contributed by atoms with Gasteiger partial charge in [-0.05, 0) is 45.2 Å².